The van der Waals surface area contributed by atoms with E-state index in [1.807, 2.05) is 0 Å². The molecule has 1 heteroatoms. The zero-order valence-electron chi connectivity index (χ0n) is 13.2. The van der Waals surface area contributed by atoms with Crippen LogP contribution in [0.1, 0.15) is 50.7 Å². The highest BCUT2D eigenvalue weighted by atomic mass is 15.1. The molecule has 0 aromatic heterocycles. The molecule has 1 nitrogen and oxygen atoms in total. The summed E-state index contributed by atoms with van der Waals surface area (Å²) in [6.07, 6.45) is 5.38. The van der Waals surface area contributed by atoms with Gasteiger partial charge in [-0.05, 0) is 51.8 Å². The van der Waals surface area contributed by atoms with Crippen molar-refractivity contribution in [2.24, 2.45) is 5.92 Å². The molecule has 106 valence electrons. The van der Waals surface area contributed by atoms with Gasteiger partial charge >= 0.3 is 0 Å². The molecule has 0 heterocycles. The average Bonchev–Trinajstić information content (AvgIpc) is 2.28. The van der Waals surface area contributed by atoms with Crippen molar-refractivity contribution in [3.8, 4) is 0 Å². The fourth-order valence-corrected chi connectivity index (χ4v) is 3.63. The monoisotopic (exact) mass is 259 g/mol. The Kier molecular flexibility index (Phi) is 4.35. The van der Waals surface area contributed by atoms with Crippen molar-refractivity contribution in [3.63, 3.8) is 0 Å². The topological polar surface area (TPSA) is 3.24 Å². The smallest absolute Gasteiger partial charge is 0.0188 e. The predicted octanol–water partition coefficient (Wildman–Crippen LogP) is 4.39. The third kappa shape index (κ3) is 2.86. The van der Waals surface area contributed by atoms with E-state index in [-0.39, 0.29) is 0 Å². The normalized spacial score (nSPS) is 19.5. The Hall–Kier alpha value is -0.820. The van der Waals surface area contributed by atoms with Gasteiger partial charge in [-0.1, -0.05) is 50.1 Å². The van der Waals surface area contributed by atoms with Gasteiger partial charge in [-0.2, -0.15) is 0 Å². The van der Waals surface area contributed by atoms with Crippen LogP contribution in [0.25, 0.3) is 0 Å². The Bertz CT molecular complexity index is 398. The Morgan fingerprint density at radius 1 is 1.11 bits per heavy atom. The number of aryl methyl sites for hydroxylation is 1. The standard InChI is InChI=1S/C18H29N/c1-14(2)13-17(19(4)5)18(11-6-12-18)16-9-7-15(3)8-10-16/h7-10,14,17H,6,11-13H2,1-5H3. The van der Waals surface area contributed by atoms with Gasteiger partial charge in [0.05, 0.1) is 0 Å². The minimum atomic E-state index is 0.404. The van der Waals surface area contributed by atoms with E-state index in [0.717, 1.165) is 5.92 Å². The van der Waals surface area contributed by atoms with Gasteiger partial charge in [0.1, 0.15) is 0 Å². The molecule has 1 atom stereocenters. The Balaban J connectivity index is 2.31. The van der Waals surface area contributed by atoms with Crippen LogP contribution in [0.3, 0.4) is 0 Å². The fraction of sp³-hybridized carbons (Fsp3) is 0.667. The average molecular weight is 259 g/mol. The van der Waals surface area contributed by atoms with Crippen LogP contribution in [0.4, 0.5) is 0 Å². The number of nitrogens with zero attached hydrogens (tertiary/aromatic N) is 1. The second kappa shape index (κ2) is 5.66. The van der Waals surface area contributed by atoms with Gasteiger partial charge in [0.2, 0.25) is 0 Å². The molecule has 1 saturated carbocycles. The van der Waals surface area contributed by atoms with Crippen LogP contribution in [-0.4, -0.2) is 25.0 Å². The maximum Gasteiger partial charge on any atom is 0.0188 e. The molecular weight excluding hydrogens is 230 g/mol. The summed E-state index contributed by atoms with van der Waals surface area (Å²) in [6.45, 7) is 6.87. The molecule has 1 aliphatic rings. The predicted molar refractivity (Wildman–Crippen MR) is 83.6 cm³/mol. The van der Waals surface area contributed by atoms with Crippen molar-refractivity contribution in [1.82, 2.24) is 4.90 Å². The van der Waals surface area contributed by atoms with E-state index in [2.05, 4.69) is 64.0 Å². The molecular formula is C18H29N. The summed E-state index contributed by atoms with van der Waals surface area (Å²) in [5, 5.41) is 0. The number of rotatable bonds is 5. The number of hydrogen-bond donors (Lipinski definition) is 0. The molecule has 0 aliphatic heterocycles. The van der Waals surface area contributed by atoms with Crippen LogP contribution in [0, 0.1) is 12.8 Å². The zero-order valence-corrected chi connectivity index (χ0v) is 13.2. The molecule has 1 fully saturated rings. The molecule has 1 aromatic carbocycles. The minimum absolute atomic E-state index is 0.404. The summed E-state index contributed by atoms with van der Waals surface area (Å²) >= 11 is 0. The van der Waals surface area contributed by atoms with Gasteiger partial charge < -0.3 is 4.90 Å². The highest BCUT2D eigenvalue weighted by molar-refractivity contribution is 5.33. The number of benzene rings is 1. The van der Waals surface area contributed by atoms with Gasteiger partial charge in [-0.15, -0.1) is 0 Å². The van der Waals surface area contributed by atoms with Crippen molar-refractivity contribution in [3.05, 3.63) is 35.4 Å². The first-order valence-electron chi connectivity index (χ1n) is 7.69. The molecule has 1 aliphatic carbocycles. The van der Waals surface area contributed by atoms with E-state index < -0.39 is 0 Å². The van der Waals surface area contributed by atoms with Crippen LogP contribution in [0.15, 0.2) is 24.3 Å². The summed E-state index contributed by atoms with van der Waals surface area (Å²) in [6, 6.07) is 9.95. The summed E-state index contributed by atoms with van der Waals surface area (Å²) in [7, 11) is 4.50. The lowest BCUT2D eigenvalue weighted by molar-refractivity contribution is 0.0808. The van der Waals surface area contributed by atoms with Gasteiger partial charge in [0, 0.05) is 11.5 Å². The lowest BCUT2D eigenvalue weighted by Gasteiger charge is -2.51. The minimum Gasteiger partial charge on any atom is -0.306 e. The van der Waals surface area contributed by atoms with E-state index in [1.165, 1.54) is 31.2 Å². The lowest BCUT2D eigenvalue weighted by atomic mass is 9.58. The van der Waals surface area contributed by atoms with Crippen LogP contribution in [0.5, 0.6) is 0 Å². The van der Waals surface area contributed by atoms with Gasteiger partial charge in [0.15, 0.2) is 0 Å². The van der Waals surface area contributed by atoms with Crippen molar-refractivity contribution in [1.29, 1.82) is 0 Å². The van der Waals surface area contributed by atoms with E-state index in [1.54, 1.807) is 5.56 Å². The largest absolute Gasteiger partial charge is 0.306 e. The maximum atomic E-state index is 2.46. The molecule has 0 spiro atoms. The first kappa shape index (κ1) is 14.6. The van der Waals surface area contributed by atoms with E-state index in [9.17, 15) is 0 Å². The highest BCUT2D eigenvalue weighted by Crippen LogP contribution is 2.49. The lowest BCUT2D eigenvalue weighted by Crippen LogP contribution is -2.52. The maximum absolute atomic E-state index is 2.46. The number of hydrogen-bond acceptors (Lipinski definition) is 1. The summed E-state index contributed by atoms with van der Waals surface area (Å²) in [5.74, 6) is 0.760. The quantitative estimate of drug-likeness (QED) is 0.758. The second-order valence-corrected chi connectivity index (χ2v) is 6.98. The van der Waals surface area contributed by atoms with Crippen molar-refractivity contribution in [2.45, 2.75) is 57.9 Å². The molecule has 0 amide bonds. The van der Waals surface area contributed by atoms with Crippen molar-refractivity contribution in [2.75, 3.05) is 14.1 Å². The highest BCUT2D eigenvalue weighted by Gasteiger charge is 2.46. The second-order valence-electron chi connectivity index (χ2n) is 6.98. The molecule has 2 rings (SSSR count). The fourth-order valence-electron chi connectivity index (χ4n) is 3.63. The third-order valence-corrected chi connectivity index (χ3v) is 4.83. The third-order valence-electron chi connectivity index (χ3n) is 4.83. The van der Waals surface area contributed by atoms with Crippen molar-refractivity contribution < 1.29 is 0 Å². The van der Waals surface area contributed by atoms with Crippen LogP contribution < -0.4 is 0 Å². The van der Waals surface area contributed by atoms with Crippen LogP contribution in [-0.2, 0) is 5.41 Å². The number of likely N-dealkylation sites (N-methyl/N-ethyl adjacent to an activating group) is 1. The Labute approximate surface area is 119 Å². The molecule has 0 radical (unpaired) electrons. The van der Waals surface area contributed by atoms with E-state index in [4.69, 9.17) is 0 Å². The summed E-state index contributed by atoms with van der Waals surface area (Å²) in [4.78, 5) is 2.46. The summed E-state index contributed by atoms with van der Waals surface area (Å²) < 4.78 is 0. The van der Waals surface area contributed by atoms with Crippen LogP contribution in [0.2, 0.25) is 0 Å². The SMILES string of the molecule is Cc1ccc(C2(C(CC(C)C)N(C)C)CCC2)cc1. The van der Waals surface area contributed by atoms with E-state index >= 15 is 0 Å². The Morgan fingerprint density at radius 2 is 1.68 bits per heavy atom. The first-order valence-corrected chi connectivity index (χ1v) is 7.69. The van der Waals surface area contributed by atoms with Gasteiger partial charge in [0.25, 0.3) is 0 Å². The molecule has 1 unspecified atom stereocenters. The van der Waals surface area contributed by atoms with E-state index in [0.29, 0.717) is 11.5 Å². The molecule has 0 N–H and O–H groups in total. The Morgan fingerprint density at radius 3 is 2.05 bits per heavy atom. The first-order chi connectivity index (χ1) is 8.95. The van der Waals surface area contributed by atoms with Crippen molar-refractivity contribution >= 4 is 0 Å². The van der Waals surface area contributed by atoms with Crippen LogP contribution >= 0.6 is 0 Å². The van der Waals surface area contributed by atoms with Gasteiger partial charge in [-0.25, -0.2) is 0 Å². The zero-order chi connectivity index (χ0) is 14.0. The summed E-state index contributed by atoms with van der Waals surface area (Å²) in [5.41, 5.74) is 3.33. The molecule has 19 heavy (non-hydrogen) atoms. The molecule has 0 bridgehead atoms. The molecule has 1 aromatic rings. The molecule has 0 saturated heterocycles. The van der Waals surface area contributed by atoms with Gasteiger partial charge in [-0.3, -0.25) is 0 Å².